The molecule has 18 heavy (non-hydrogen) atoms. The fourth-order valence-corrected chi connectivity index (χ4v) is 4.55. The Labute approximate surface area is 112 Å². The first-order chi connectivity index (χ1) is 8.48. The number of hydrogen-bond acceptors (Lipinski definition) is 6. The molecule has 7 heteroatoms. The summed E-state index contributed by atoms with van der Waals surface area (Å²) in [5.74, 6) is 0.885. The van der Waals surface area contributed by atoms with Crippen molar-refractivity contribution in [3.63, 3.8) is 0 Å². The molecule has 1 saturated carbocycles. The number of anilines is 2. The first-order valence-electron chi connectivity index (χ1n) is 6.17. The maximum absolute atomic E-state index is 11.6. The minimum absolute atomic E-state index is 0.103. The topological polar surface area (TPSA) is 85.1 Å². The van der Waals surface area contributed by atoms with Gasteiger partial charge in [0, 0.05) is 12.8 Å². The Bertz CT molecular complexity index is 504. The van der Waals surface area contributed by atoms with Gasteiger partial charge in [-0.3, -0.25) is 0 Å². The molecule has 0 aliphatic heterocycles. The maximum atomic E-state index is 11.6. The Kier molecular flexibility index (Phi) is 4.11. The number of nitrogen functional groups attached to an aromatic ring is 1. The average molecular weight is 289 g/mol. The number of nitrogens with zero attached hydrogens (tertiary/aromatic N) is 1. The second kappa shape index (κ2) is 5.44. The summed E-state index contributed by atoms with van der Waals surface area (Å²) >= 11 is 1.12. The molecular formula is C11H19N3O2S2. The SMILES string of the molecule is CS(=O)(=O)c1c(N)nsc1NCCC1CCCC1. The van der Waals surface area contributed by atoms with E-state index >= 15 is 0 Å². The Morgan fingerprint density at radius 3 is 2.72 bits per heavy atom. The summed E-state index contributed by atoms with van der Waals surface area (Å²) in [5.41, 5.74) is 5.60. The van der Waals surface area contributed by atoms with Crippen molar-refractivity contribution in [1.29, 1.82) is 0 Å². The highest BCUT2D eigenvalue weighted by atomic mass is 32.2. The summed E-state index contributed by atoms with van der Waals surface area (Å²) in [6, 6.07) is 0. The van der Waals surface area contributed by atoms with E-state index in [0.717, 1.165) is 36.7 Å². The van der Waals surface area contributed by atoms with E-state index in [1.54, 1.807) is 0 Å². The molecule has 5 nitrogen and oxygen atoms in total. The molecule has 1 aliphatic rings. The second-order valence-electron chi connectivity index (χ2n) is 4.86. The van der Waals surface area contributed by atoms with Gasteiger partial charge in [0.25, 0.3) is 0 Å². The largest absolute Gasteiger partial charge is 0.382 e. The third-order valence-electron chi connectivity index (χ3n) is 3.36. The van der Waals surface area contributed by atoms with Crippen LogP contribution in [0.25, 0.3) is 0 Å². The molecule has 1 aliphatic carbocycles. The molecule has 0 amide bonds. The van der Waals surface area contributed by atoms with Crippen molar-refractivity contribution in [3.05, 3.63) is 0 Å². The van der Waals surface area contributed by atoms with Crippen LogP contribution >= 0.6 is 11.5 Å². The summed E-state index contributed by atoms with van der Waals surface area (Å²) in [7, 11) is -3.31. The molecule has 1 heterocycles. The van der Waals surface area contributed by atoms with E-state index in [2.05, 4.69) is 9.69 Å². The number of nitrogens with one attached hydrogen (secondary N) is 1. The summed E-state index contributed by atoms with van der Waals surface area (Å²) < 4.78 is 27.1. The molecule has 0 bridgehead atoms. The van der Waals surface area contributed by atoms with E-state index in [0.29, 0.717) is 5.00 Å². The number of nitrogens with two attached hydrogens (primary N) is 1. The predicted octanol–water partition coefficient (Wildman–Crippen LogP) is 2.12. The fourth-order valence-electron chi connectivity index (χ4n) is 2.45. The van der Waals surface area contributed by atoms with Gasteiger partial charge < -0.3 is 11.1 Å². The van der Waals surface area contributed by atoms with Gasteiger partial charge in [0.2, 0.25) is 0 Å². The molecule has 0 aromatic carbocycles. The molecule has 0 radical (unpaired) electrons. The first-order valence-corrected chi connectivity index (χ1v) is 8.84. The van der Waals surface area contributed by atoms with Crippen molar-refractivity contribution >= 4 is 32.2 Å². The van der Waals surface area contributed by atoms with E-state index in [-0.39, 0.29) is 10.7 Å². The smallest absolute Gasteiger partial charge is 0.182 e. The van der Waals surface area contributed by atoms with E-state index in [1.807, 2.05) is 0 Å². The van der Waals surface area contributed by atoms with Gasteiger partial charge in [0.15, 0.2) is 15.7 Å². The van der Waals surface area contributed by atoms with Crippen molar-refractivity contribution in [2.75, 3.05) is 23.9 Å². The van der Waals surface area contributed by atoms with Crippen LogP contribution in [0.5, 0.6) is 0 Å². The van der Waals surface area contributed by atoms with Gasteiger partial charge in [-0.15, -0.1) is 0 Å². The number of hydrogen-bond donors (Lipinski definition) is 2. The van der Waals surface area contributed by atoms with Crippen LogP contribution in [0.15, 0.2) is 4.90 Å². The summed E-state index contributed by atoms with van der Waals surface area (Å²) in [6.07, 6.45) is 7.49. The van der Waals surface area contributed by atoms with Crippen LogP contribution < -0.4 is 11.1 Å². The van der Waals surface area contributed by atoms with Crippen molar-refractivity contribution in [3.8, 4) is 0 Å². The van der Waals surface area contributed by atoms with Crippen LogP contribution in [0, 0.1) is 5.92 Å². The van der Waals surface area contributed by atoms with Crippen LogP contribution in [-0.4, -0.2) is 25.6 Å². The Morgan fingerprint density at radius 2 is 2.11 bits per heavy atom. The normalized spacial score (nSPS) is 17.2. The van der Waals surface area contributed by atoms with Gasteiger partial charge in [-0.25, -0.2) is 8.42 Å². The lowest BCUT2D eigenvalue weighted by molar-refractivity contribution is 0.518. The van der Waals surface area contributed by atoms with Gasteiger partial charge in [0.05, 0.1) is 0 Å². The first kappa shape index (κ1) is 13.6. The fraction of sp³-hybridized carbons (Fsp3) is 0.727. The lowest BCUT2D eigenvalue weighted by atomic mass is 10.0. The van der Waals surface area contributed by atoms with Crippen LogP contribution in [0.4, 0.5) is 10.8 Å². The monoisotopic (exact) mass is 289 g/mol. The zero-order chi connectivity index (χ0) is 13.2. The van der Waals surface area contributed by atoms with Crippen molar-refractivity contribution in [2.24, 2.45) is 5.92 Å². The maximum Gasteiger partial charge on any atom is 0.182 e. The quantitative estimate of drug-likeness (QED) is 0.867. The van der Waals surface area contributed by atoms with Gasteiger partial charge in [0.1, 0.15) is 9.90 Å². The van der Waals surface area contributed by atoms with Crippen LogP contribution in [-0.2, 0) is 9.84 Å². The minimum Gasteiger partial charge on any atom is -0.382 e. The zero-order valence-electron chi connectivity index (χ0n) is 10.5. The summed E-state index contributed by atoms with van der Waals surface area (Å²) in [6.45, 7) is 0.787. The number of aromatic nitrogens is 1. The summed E-state index contributed by atoms with van der Waals surface area (Å²) in [4.78, 5) is 0.152. The van der Waals surface area contributed by atoms with Crippen molar-refractivity contribution < 1.29 is 8.42 Å². The van der Waals surface area contributed by atoms with Crippen LogP contribution in [0.3, 0.4) is 0 Å². The number of sulfone groups is 1. The average Bonchev–Trinajstić information content (AvgIpc) is 2.87. The molecule has 0 unspecified atom stereocenters. The molecule has 3 N–H and O–H groups in total. The standard InChI is InChI=1S/C11H19N3O2S2/c1-18(15,16)9-10(12)14-17-11(9)13-7-6-8-4-2-3-5-8/h8,13H,2-7H2,1H3,(H2,12,14). The molecule has 1 aromatic heterocycles. The van der Waals surface area contributed by atoms with Crippen LogP contribution in [0.1, 0.15) is 32.1 Å². The highest BCUT2D eigenvalue weighted by molar-refractivity contribution is 7.91. The molecule has 0 saturated heterocycles. The lowest BCUT2D eigenvalue weighted by Gasteiger charge is -2.10. The number of rotatable bonds is 5. The third kappa shape index (κ3) is 3.14. The molecule has 2 rings (SSSR count). The molecule has 102 valence electrons. The highest BCUT2D eigenvalue weighted by Crippen LogP contribution is 2.32. The highest BCUT2D eigenvalue weighted by Gasteiger charge is 2.21. The second-order valence-corrected chi connectivity index (χ2v) is 7.59. The van der Waals surface area contributed by atoms with Gasteiger partial charge in [-0.1, -0.05) is 25.7 Å². The van der Waals surface area contributed by atoms with Gasteiger partial charge in [-0.05, 0) is 23.9 Å². The van der Waals surface area contributed by atoms with Crippen molar-refractivity contribution in [1.82, 2.24) is 4.37 Å². The Hall–Kier alpha value is -0.820. The third-order valence-corrected chi connectivity index (χ3v) is 5.46. The Balaban J connectivity index is 1.97. The zero-order valence-corrected chi connectivity index (χ0v) is 12.1. The van der Waals surface area contributed by atoms with Gasteiger partial charge >= 0.3 is 0 Å². The van der Waals surface area contributed by atoms with Gasteiger partial charge in [-0.2, -0.15) is 4.37 Å². The van der Waals surface area contributed by atoms with E-state index in [9.17, 15) is 8.42 Å². The molecule has 0 spiro atoms. The van der Waals surface area contributed by atoms with E-state index in [1.165, 1.54) is 25.7 Å². The predicted molar refractivity (Wildman–Crippen MR) is 74.7 cm³/mol. The van der Waals surface area contributed by atoms with Crippen LogP contribution in [0.2, 0.25) is 0 Å². The minimum atomic E-state index is -3.31. The van der Waals surface area contributed by atoms with Crippen molar-refractivity contribution in [2.45, 2.75) is 37.0 Å². The van der Waals surface area contributed by atoms with E-state index < -0.39 is 9.84 Å². The lowest BCUT2D eigenvalue weighted by Crippen LogP contribution is -2.09. The molecular weight excluding hydrogens is 270 g/mol. The molecule has 0 atom stereocenters. The summed E-state index contributed by atoms with van der Waals surface area (Å²) in [5, 5.41) is 3.74. The molecule has 1 aromatic rings. The van der Waals surface area contributed by atoms with E-state index in [4.69, 9.17) is 5.73 Å². The molecule has 1 fully saturated rings. The Morgan fingerprint density at radius 1 is 1.44 bits per heavy atom.